The molecule has 1 aromatic carbocycles. The van der Waals surface area contributed by atoms with E-state index in [2.05, 4.69) is 38.3 Å². The summed E-state index contributed by atoms with van der Waals surface area (Å²) in [6.07, 6.45) is 4.37. The van der Waals surface area contributed by atoms with Crippen molar-refractivity contribution in [1.29, 1.82) is 0 Å². The monoisotopic (exact) mass is 335 g/mol. The SMILES string of the molecule is CCCC1(c2nc(-c3ccc(Br)cc3)no2)CCCN1. The largest absolute Gasteiger partial charge is 0.337 e. The number of aromatic nitrogens is 2. The zero-order valence-electron chi connectivity index (χ0n) is 11.5. The van der Waals surface area contributed by atoms with E-state index >= 15 is 0 Å². The maximum absolute atomic E-state index is 5.55. The molecular formula is C15H18BrN3O. The molecule has 0 aliphatic carbocycles. The summed E-state index contributed by atoms with van der Waals surface area (Å²) in [5.74, 6) is 1.39. The number of nitrogens with zero attached hydrogens (tertiary/aromatic N) is 2. The second-order valence-corrected chi connectivity index (χ2v) is 6.21. The second kappa shape index (κ2) is 5.66. The lowest BCUT2D eigenvalue weighted by Crippen LogP contribution is -2.36. The molecule has 0 amide bonds. The molecule has 1 aliphatic heterocycles. The Morgan fingerprint density at radius 3 is 2.80 bits per heavy atom. The van der Waals surface area contributed by atoms with E-state index < -0.39 is 0 Å². The first-order valence-electron chi connectivity index (χ1n) is 7.09. The lowest BCUT2D eigenvalue weighted by atomic mass is 9.92. The Bertz CT molecular complexity index is 573. The van der Waals surface area contributed by atoms with Crippen LogP contribution in [0.5, 0.6) is 0 Å². The fourth-order valence-electron chi connectivity index (χ4n) is 2.87. The fraction of sp³-hybridized carbons (Fsp3) is 0.467. The first kappa shape index (κ1) is 13.8. The van der Waals surface area contributed by atoms with Gasteiger partial charge in [-0.15, -0.1) is 0 Å². The molecule has 1 saturated heterocycles. The zero-order chi connectivity index (χ0) is 14.0. The van der Waals surface area contributed by atoms with E-state index in [9.17, 15) is 0 Å². The standard InChI is InChI=1S/C15H18BrN3O/c1-2-8-15(9-3-10-17-15)14-18-13(19-20-14)11-4-6-12(16)7-5-11/h4-7,17H,2-3,8-10H2,1H3. The number of hydrogen-bond acceptors (Lipinski definition) is 4. The summed E-state index contributed by atoms with van der Waals surface area (Å²) in [5.41, 5.74) is 0.864. The van der Waals surface area contributed by atoms with Crippen molar-refractivity contribution in [3.8, 4) is 11.4 Å². The van der Waals surface area contributed by atoms with Gasteiger partial charge in [0.15, 0.2) is 0 Å². The summed E-state index contributed by atoms with van der Waals surface area (Å²) in [5, 5.41) is 7.70. The zero-order valence-corrected chi connectivity index (χ0v) is 13.1. The number of rotatable bonds is 4. The number of benzene rings is 1. The van der Waals surface area contributed by atoms with Crippen LogP contribution in [0, 0.1) is 0 Å². The Labute approximate surface area is 127 Å². The van der Waals surface area contributed by atoms with Gasteiger partial charge in [-0.1, -0.05) is 34.4 Å². The topological polar surface area (TPSA) is 51.0 Å². The van der Waals surface area contributed by atoms with Gasteiger partial charge in [-0.2, -0.15) is 4.98 Å². The van der Waals surface area contributed by atoms with E-state index in [4.69, 9.17) is 4.52 Å². The smallest absolute Gasteiger partial charge is 0.247 e. The van der Waals surface area contributed by atoms with Crippen molar-refractivity contribution in [3.63, 3.8) is 0 Å². The molecule has 20 heavy (non-hydrogen) atoms. The van der Waals surface area contributed by atoms with Gasteiger partial charge in [0.05, 0.1) is 5.54 Å². The summed E-state index contributed by atoms with van der Waals surface area (Å²) in [6, 6.07) is 7.96. The number of halogens is 1. The second-order valence-electron chi connectivity index (χ2n) is 5.29. The van der Waals surface area contributed by atoms with Gasteiger partial charge in [-0.05, 0) is 50.1 Å². The van der Waals surface area contributed by atoms with E-state index in [1.165, 1.54) is 0 Å². The van der Waals surface area contributed by atoms with Gasteiger partial charge >= 0.3 is 0 Å². The van der Waals surface area contributed by atoms with Gasteiger partial charge in [-0.25, -0.2) is 0 Å². The van der Waals surface area contributed by atoms with Crippen LogP contribution in [0.1, 0.15) is 38.5 Å². The summed E-state index contributed by atoms with van der Waals surface area (Å²) < 4.78 is 6.60. The summed E-state index contributed by atoms with van der Waals surface area (Å²) >= 11 is 3.43. The molecule has 1 aromatic heterocycles. The minimum Gasteiger partial charge on any atom is -0.337 e. The molecule has 0 radical (unpaired) electrons. The van der Waals surface area contributed by atoms with Crippen LogP contribution < -0.4 is 5.32 Å². The summed E-state index contributed by atoms with van der Waals surface area (Å²) in [6.45, 7) is 3.21. The molecule has 5 heteroatoms. The molecular weight excluding hydrogens is 318 g/mol. The molecule has 1 unspecified atom stereocenters. The van der Waals surface area contributed by atoms with Gasteiger partial charge in [0.2, 0.25) is 11.7 Å². The Kier molecular flexibility index (Phi) is 3.89. The average molecular weight is 336 g/mol. The van der Waals surface area contributed by atoms with Crippen LogP contribution in [-0.2, 0) is 5.54 Å². The van der Waals surface area contributed by atoms with Crippen LogP contribution in [0.15, 0.2) is 33.3 Å². The maximum atomic E-state index is 5.55. The van der Waals surface area contributed by atoms with Crippen LogP contribution in [0.4, 0.5) is 0 Å². The Hall–Kier alpha value is -1.20. The first-order valence-corrected chi connectivity index (χ1v) is 7.88. The minimum absolute atomic E-state index is 0.116. The average Bonchev–Trinajstić information content (AvgIpc) is 3.09. The van der Waals surface area contributed by atoms with E-state index in [-0.39, 0.29) is 5.54 Å². The molecule has 0 bridgehead atoms. The predicted molar refractivity (Wildman–Crippen MR) is 81.3 cm³/mol. The van der Waals surface area contributed by atoms with E-state index in [1.54, 1.807) is 0 Å². The quantitative estimate of drug-likeness (QED) is 0.921. The minimum atomic E-state index is -0.116. The molecule has 1 N–H and O–H groups in total. The molecule has 1 atom stereocenters. The van der Waals surface area contributed by atoms with E-state index in [0.717, 1.165) is 48.2 Å². The molecule has 0 saturated carbocycles. The van der Waals surface area contributed by atoms with Crippen molar-refractivity contribution in [2.75, 3.05) is 6.54 Å². The third kappa shape index (κ3) is 2.52. The van der Waals surface area contributed by atoms with Gasteiger partial charge in [-0.3, -0.25) is 0 Å². The molecule has 2 aromatic rings. The van der Waals surface area contributed by atoms with Crippen LogP contribution in [0.2, 0.25) is 0 Å². The molecule has 4 nitrogen and oxygen atoms in total. The van der Waals surface area contributed by atoms with E-state index in [0.29, 0.717) is 5.82 Å². The first-order chi connectivity index (χ1) is 9.73. The highest BCUT2D eigenvalue weighted by Gasteiger charge is 2.39. The molecule has 2 heterocycles. The third-order valence-electron chi connectivity index (χ3n) is 3.86. The fourth-order valence-corrected chi connectivity index (χ4v) is 3.13. The molecule has 1 fully saturated rings. The van der Waals surface area contributed by atoms with Gasteiger partial charge in [0.25, 0.3) is 0 Å². The van der Waals surface area contributed by atoms with Crippen LogP contribution in [-0.4, -0.2) is 16.7 Å². The molecule has 0 spiro atoms. The highest BCUT2D eigenvalue weighted by atomic mass is 79.9. The normalized spacial score (nSPS) is 22.3. The predicted octanol–water partition coefficient (Wildman–Crippen LogP) is 3.88. The molecule has 1 aliphatic rings. The van der Waals surface area contributed by atoms with Gasteiger partial charge in [0.1, 0.15) is 0 Å². The Morgan fingerprint density at radius 2 is 2.15 bits per heavy atom. The summed E-state index contributed by atoms with van der Waals surface area (Å²) in [7, 11) is 0. The van der Waals surface area contributed by atoms with Crippen molar-refractivity contribution < 1.29 is 4.52 Å². The summed E-state index contributed by atoms with van der Waals surface area (Å²) in [4.78, 5) is 4.63. The lowest BCUT2D eigenvalue weighted by Gasteiger charge is -2.24. The maximum Gasteiger partial charge on any atom is 0.247 e. The van der Waals surface area contributed by atoms with Crippen molar-refractivity contribution in [3.05, 3.63) is 34.6 Å². The van der Waals surface area contributed by atoms with E-state index in [1.807, 2.05) is 24.3 Å². The highest BCUT2D eigenvalue weighted by molar-refractivity contribution is 9.10. The Balaban J connectivity index is 1.91. The number of nitrogens with one attached hydrogen (secondary N) is 1. The van der Waals surface area contributed by atoms with Crippen LogP contribution in [0.25, 0.3) is 11.4 Å². The molecule has 3 rings (SSSR count). The highest BCUT2D eigenvalue weighted by Crippen LogP contribution is 2.35. The Morgan fingerprint density at radius 1 is 1.35 bits per heavy atom. The van der Waals surface area contributed by atoms with Crippen molar-refractivity contribution in [2.45, 2.75) is 38.1 Å². The van der Waals surface area contributed by atoms with Crippen LogP contribution in [0.3, 0.4) is 0 Å². The van der Waals surface area contributed by atoms with Crippen molar-refractivity contribution >= 4 is 15.9 Å². The van der Waals surface area contributed by atoms with Crippen molar-refractivity contribution in [1.82, 2.24) is 15.5 Å². The lowest BCUT2D eigenvalue weighted by molar-refractivity contribution is 0.241. The van der Waals surface area contributed by atoms with Crippen LogP contribution >= 0.6 is 15.9 Å². The van der Waals surface area contributed by atoms with Gasteiger partial charge in [0, 0.05) is 10.0 Å². The third-order valence-corrected chi connectivity index (χ3v) is 4.39. The van der Waals surface area contributed by atoms with Gasteiger partial charge < -0.3 is 9.84 Å². The number of hydrogen-bond donors (Lipinski definition) is 1. The van der Waals surface area contributed by atoms with Crippen molar-refractivity contribution in [2.24, 2.45) is 0 Å². The molecule has 106 valence electrons.